The van der Waals surface area contributed by atoms with Gasteiger partial charge >= 0.3 is 0 Å². The van der Waals surface area contributed by atoms with Gasteiger partial charge in [0.05, 0.1) is 13.9 Å². The van der Waals surface area contributed by atoms with E-state index in [-0.39, 0.29) is 12.1 Å². The number of amides is 2. The normalized spacial score (nSPS) is 13.8. The van der Waals surface area contributed by atoms with Crippen molar-refractivity contribution >= 4 is 25.4 Å². The number of carbonyl (C=O) groups is 3. The fraction of sp³-hybridized carbons (Fsp3) is 0.667. The summed E-state index contributed by atoms with van der Waals surface area (Å²) in [6.07, 6.45) is -0.167. The fourth-order valence-electron chi connectivity index (χ4n) is 0.806. The molecule has 0 fully saturated rings. The van der Waals surface area contributed by atoms with E-state index < -0.39 is 23.9 Å². The predicted molar refractivity (Wildman–Crippen MR) is 56.5 cm³/mol. The number of nitrogens with one attached hydrogen (secondary N) is 2. The Labute approximate surface area is 90.4 Å². The van der Waals surface area contributed by atoms with E-state index in [2.05, 4.69) is 10.6 Å². The van der Waals surface area contributed by atoms with E-state index in [1.54, 1.807) is 6.92 Å². The Hall–Kier alpha value is -1.33. The lowest BCUT2D eigenvalue weighted by atomic mass is 10.0. The molecule has 15 heavy (non-hydrogen) atoms. The number of carbonyl (C=O) groups excluding carboxylic acids is 3. The molecule has 0 aromatic heterocycles. The third-order valence-corrected chi connectivity index (χ3v) is 1.92. The summed E-state index contributed by atoms with van der Waals surface area (Å²) in [7, 11) is 5.07. The molecule has 0 bridgehead atoms. The molecule has 0 aliphatic carbocycles. The van der Waals surface area contributed by atoms with Gasteiger partial charge in [0.2, 0.25) is 11.8 Å². The van der Waals surface area contributed by atoms with Crippen LogP contribution in [0.1, 0.15) is 20.8 Å². The molecule has 0 saturated carbocycles. The van der Waals surface area contributed by atoms with Gasteiger partial charge in [-0.3, -0.25) is 14.4 Å². The topological polar surface area (TPSA) is 75.3 Å². The lowest BCUT2D eigenvalue weighted by molar-refractivity contribution is -0.129. The number of Topliss-reactive ketones (excluding diaryl/α,β-unsaturated/α-hetero) is 1. The van der Waals surface area contributed by atoms with Gasteiger partial charge in [0.15, 0.2) is 5.78 Å². The summed E-state index contributed by atoms with van der Waals surface area (Å²) in [6, 6.07) is -1.24. The van der Waals surface area contributed by atoms with E-state index in [4.69, 9.17) is 7.85 Å². The molecular formula is C9H15BN2O3. The minimum Gasteiger partial charge on any atom is -0.345 e. The first-order valence-electron chi connectivity index (χ1n) is 4.68. The number of hydrogen-bond donors (Lipinski definition) is 2. The van der Waals surface area contributed by atoms with Crippen LogP contribution in [-0.4, -0.2) is 37.5 Å². The van der Waals surface area contributed by atoms with Crippen LogP contribution in [0.4, 0.5) is 0 Å². The minimum absolute atomic E-state index is 0.138. The molecule has 0 heterocycles. The maximum Gasteiger partial charge on any atom is 0.242 e. The Balaban J connectivity index is 4.10. The highest BCUT2D eigenvalue weighted by molar-refractivity contribution is 6.19. The molecule has 0 unspecified atom stereocenters. The molecule has 5 nitrogen and oxygen atoms in total. The second-order valence-corrected chi connectivity index (χ2v) is 3.33. The SMILES string of the molecule is [B]CC(=O)N[C@@H](C)C(=O)N[C@@H](C)C(C)=O. The van der Waals surface area contributed by atoms with Crippen molar-refractivity contribution in [1.29, 1.82) is 0 Å². The summed E-state index contributed by atoms with van der Waals surface area (Å²) in [4.78, 5) is 33.1. The summed E-state index contributed by atoms with van der Waals surface area (Å²) in [5, 5.41) is 4.85. The standard InChI is InChI=1S/C9H15BN2O3/c1-5(7(3)13)12-9(15)6(2)11-8(14)4-10/h5-6H,4H2,1-3H3,(H,11,14)(H,12,15)/t5-,6-/m0/s1. The summed E-state index contributed by atoms with van der Waals surface area (Å²) >= 11 is 0. The number of hydrogen-bond acceptors (Lipinski definition) is 3. The van der Waals surface area contributed by atoms with Gasteiger partial charge < -0.3 is 10.6 Å². The van der Waals surface area contributed by atoms with Crippen LogP contribution in [0.3, 0.4) is 0 Å². The minimum atomic E-state index is -0.692. The zero-order valence-electron chi connectivity index (χ0n) is 9.16. The first kappa shape index (κ1) is 13.7. The predicted octanol–water partition coefficient (Wildman–Crippen LogP) is -0.828. The van der Waals surface area contributed by atoms with Gasteiger partial charge in [0.1, 0.15) is 6.04 Å². The van der Waals surface area contributed by atoms with Crippen molar-refractivity contribution in [1.82, 2.24) is 10.6 Å². The van der Waals surface area contributed by atoms with Crippen LogP contribution < -0.4 is 10.6 Å². The highest BCUT2D eigenvalue weighted by Crippen LogP contribution is 1.88. The third-order valence-electron chi connectivity index (χ3n) is 1.92. The number of rotatable bonds is 5. The lowest BCUT2D eigenvalue weighted by Crippen LogP contribution is -2.48. The molecule has 82 valence electrons. The second kappa shape index (κ2) is 6.21. The fourth-order valence-corrected chi connectivity index (χ4v) is 0.806. The molecule has 6 heteroatoms. The van der Waals surface area contributed by atoms with Crippen LogP contribution >= 0.6 is 0 Å². The lowest BCUT2D eigenvalue weighted by Gasteiger charge is -2.16. The zero-order valence-corrected chi connectivity index (χ0v) is 9.16. The Kier molecular flexibility index (Phi) is 5.66. The first-order chi connectivity index (χ1) is 6.88. The van der Waals surface area contributed by atoms with E-state index in [1.807, 2.05) is 0 Å². The Morgan fingerprint density at radius 1 is 1.13 bits per heavy atom. The highest BCUT2D eigenvalue weighted by atomic mass is 16.2. The molecular weight excluding hydrogens is 195 g/mol. The van der Waals surface area contributed by atoms with Crippen molar-refractivity contribution in [2.45, 2.75) is 39.2 Å². The Morgan fingerprint density at radius 3 is 2.07 bits per heavy atom. The van der Waals surface area contributed by atoms with Gasteiger partial charge in [-0.2, -0.15) is 0 Å². The first-order valence-corrected chi connectivity index (χ1v) is 4.68. The van der Waals surface area contributed by atoms with Crippen molar-refractivity contribution in [2.75, 3.05) is 0 Å². The Morgan fingerprint density at radius 2 is 1.67 bits per heavy atom. The van der Waals surface area contributed by atoms with Gasteiger partial charge in [-0.1, -0.05) is 0 Å². The molecule has 0 aromatic carbocycles. The molecule has 0 saturated heterocycles. The van der Waals surface area contributed by atoms with E-state index in [0.29, 0.717) is 0 Å². The highest BCUT2D eigenvalue weighted by Gasteiger charge is 2.17. The summed E-state index contributed by atoms with van der Waals surface area (Å²) in [5.74, 6) is -0.951. The van der Waals surface area contributed by atoms with E-state index in [0.717, 1.165) is 0 Å². The summed E-state index contributed by atoms with van der Waals surface area (Å²) in [6.45, 7) is 4.49. The molecule has 2 atom stereocenters. The molecule has 0 spiro atoms. The summed E-state index contributed by atoms with van der Waals surface area (Å²) in [5.41, 5.74) is 0. The average Bonchev–Trinajstić information content (AvgIpc) is 2.16. The van der Waals surface area contributed by atoms with Gasteiger partial charge in [-0.15, -0.1) is 0 Å². The maximum atomic E-state index is 11.4. The monoisotopic (exact) mass is 210 g/mol. The van der Waals surface area contributed by atoms with Crippen molar-refractivity contribution in [2.24, 2.45) is 0 Å². The summed E-state index contributed by atoms with van der Waals surface area (Å²) < 4.78 is 0. The third kappa shape index (κ3) is 5.19. The van der Waals surface area contributed by atoms with Crippen LogP contribution in [0.5, 0.6) is 0 Å². The van der Waals surface area contributed by atoms with Crippen LogP contribution in [0, 0.1) is 0 Å². The second-order valence-electron chi connectivity index (χ2n) is 3.33. The average molecular weight is 210 g/mol. The quantitative estimate of drug-likeness (QED) is 0.581. The van der Waals surface area contributed by atoms with E-state index in [1.165, 1.54) is 13.8 Å². The van der Waals surface area contributed by atoms with Gasteiger partial charge in [-0.25, -0.2) is 0 Å². The van der Waals surface area contributed by atoms with Crippen molar-refractivity contribution in [3.8, 4) is 0 Å². The zero-order chi connectivity index (χ0) is 12.0. The van der Waals surface area contributed by atoms with E-state index >= 15 is 0 Å². The molecule has 2 N–H and O–H groups in total. The molecule has 0 aromatic rings. The van der Waals surface area contributed by atoms with Crippen LogP contribution in [0.25, 0.3) is 0 Å². The van der Waals surface area contributed by atoms with E-state index in [9.17, 15) is 14.4 Å². The van der Waals surface area contributed by atoms with Gasteiger partial charge in [-0.05, 0) is 27.1 Å². The molecule has 0 aliphatic rings. The van der Waals surface area contributed by atoms with Crippen molar-refractivity contribution in [3.05, 3.63) is 0 Å². The van der Waals surface area contributed by atoms with Crippen LogP contribution in [-0.2, 0) is 14.4 Å². The molecule has 0 aliphatic heterocycles. The van der Waals surface area contributed by atoms with Crippen molar-refractivity contribution < 1.29 is 14.4 Å². The van der Waals surface area contributed by atoms with Crippen LogP contribution in [0.2, 0.25) is 6.32 Å². The smallest absolute Gasteiger partial charge is 0.242 e. The Bertz CT molecular complexity index is 268. The van der Waals surface area contributed by atoms with Crippen molar-refractivity contribution in [3.63, 3.8) is 0 Å². The van der Waals surface area contributed by atoms with Gasteiger partial charge in [0, 0.05) is 0 Å². The van der Waals surface area contributed by atoms with Gasteiger partial charge in [0.25, 0.3) is 0 Å². The molecule has 2 radical (unpaired) electrons. The maximum absolute atomic E-state index is 11.4. The number of ketones is 1. The van der Waals surface area contributed by atoms with Crippen LogP contribution in [0.15, 0.2) is 0 Å². The molecule has 0 rings (SSSR count). The largest absolute Gasteiger partial charge is 0.345 e. The molecule has 2 amide bonds.